The third-order valence-corrected chi connectivity index (χ3v) is 4.80. The molecule has 20 heavy (non-hydrogen) atoms. The smallest absolute Gasteiger partial charge is 0.332 e. The van der Waals surface area contributed by atoms with Gasteiger partial charge in [-0.3, -0.25) is 4.79 Å². The topological polar surface area (TPSA) is 93.8 Å². The van der Waals surface area contributed by atoms with Gasteiger partial charge in [-0.15, -0.1) is 0 Å². The third-order valence-electron chi connectivity index (χ3n) is 4.80. The highest BCUT2D eigenvalue weighted by atomic mass is 16.5. The van der Waals surface area contributed by atoms with Crippen LogP contribution in [0.5, 0.6) is 0 Å². The summed E-state index contributed by atoms with van der Waals surface area (Å²) in [4.78, 5) is 23.0. The Balaban J connectivity index is 2.97. The Morgan fingerprint density at radius 2 is 2.00 bits per heavy atom. The molecular weight excluding hydrogens is 258 g/mol. The summed E-state index contributed by atoms with van der Waals surface area (Å²) < 4.78 is 5.22. The van der Waals surface area contributed by atoms with Gasteiger partial charge in [0.1, 0.15) is 0 Å². The van der Waals surface area contributed by atoms with Crippen molar-refractivity contribution in [2.45, 2.75) is 47.5 Å². The monoisotopic (exact) mass is 283 g/mol. The first-order valence-electron chi connectivity index (χ1n) is 6.93. The van der Waals surface area contributed by atoms with E-state index in [4.69, 9.17) is 10.5 Å². The number of esters is 1. The number of carbonyl (C=O) groups excluding carboxylic acids is 2. The minimum absolute atomic E-state index is 0.101. The number of hydrazone groups is 1. The lowest BCUT2D eigenvalue weighted by Gasteiger charge is -2.39. The zero-order valence-electron chi connectivity index (χ0n) is 12.9. The van der Waals surface area contributed by atoms with Crippen molar-refractivity contribution >= 4 is 17.7 Å². The van der Waals surface area contributed by atoms with E-state index < -0.39 is 11.4 Å². The van der Waals surface area contributed by atoms with E-state index in [0.717, 1.165) is 18.6 Å². The van der Waals surface area contributed by atoms with E-state index in [1.54, 1.807) is 0 Å². The maximum atomic E-state index is 12.3. The van der Waals surface area contributed by atoms with Crippen LogP contribution >= 0.6 is 0 Å². The molecule has 6 nitrogen and oxygen atoms in total. The predicted octanol–water partition coefficient (Wildman–Crippen LogP) is 2.04. The van der Waals surface area contributed by atoms with Crippen molar-refractivity contribution in [3.8, 4) is 0 Å². The summed E-state index contributed by atoms with van der Waals surface area (Å²) in [5.41, 5.74) is 7.20. The standard InChI is InChI=1S/C14H25N3O3/c1-6-20-11(18)14(5)8-7-10(13(14,3)4)9(2)16-17-12(15)19/h10H,6-8H2,1-5H3,(H3,15,17,19). The number of urea groups is 1. The van der Waals surface area contributed by atoms with Gasteiger partial charge in [0.25, 0.3) is 0 Å². The Hall–Kier alpha value is -1.59. The fourth-order valence-corrected chi connectivity index (χ4v) is 3.11. The van der Waals surface area contributed by atoms with Gasteiger partial charge >= 0.3 is 12.0 Å². The number of primary amides is 1. The van der Waals surface area contributed by atoms with Gasteiger partial charge in [0, 0.05) is 11.6 Å². The summed E-state index contributed by atoms with van der Waals surface area (Å²) in [7, 11) is 0. The summed E-state index contributed by atoms with van der Waals surface area (Å²) >= 11 is 0. The van der Waals surface area contributed by atoms with Gasteiger partial charge in [-0.1, -0.05) is 13.8 Å². The van der Waals surface area contributed by atoms with Crippen LogP contribution in [0.3, 0.4) is 0 Å². The molecule has 1 saturated carbocycles. The van der Waals surface area contributed by atoms with Crippen molar-refractivity contribution in [1.29, 1.82) is 0 Å². The number of amides is 2. The van der Waals surface area contributed by atoms with Gasteiger partial charge in [-0.25, -0.2) is 10.2 Å². The van der Waals surface area contributed by atoms with Gasteiger partial charge in [-0.2, -0.15) is 5.10 Å². The normalized spacial score (nSPS) is 29.1. The van der Waals surface area contributed by atoms with Crippen LogP contribution in [0.25, 0.3) is 0 Å². The summed E-state index contributed by atoms with van der Waals surface area (Å²) in [6.07, 6.45) is 1.57. The molecule has 114 valence electrons. The highest BCUT2D eigenvalue weighted by molar-refractivity contribution is 5.89. The second kappa shape index (κ2) is 5.81. The number of nitrogens with one attached hydrogen (secondary N) is 1. The molecule has 1 rings (SSSR count). The molecular formula is C14H25N3O3. The molecule has 0 radical (unpaired) electrons. The summed E-state index contributed by atoms with van der Waals surface area (Å²) in [5.74, 6) is -0.0630. The van der Waals surface area contributed by atoms with Crippen LogP contribution < -0.4 is 11.2 Å². The molecule has 0 heterocycles. The van der Waals surface area contributed by atoms with Gasteiger partial charge in [0.2, 0.25) is 0 Å². The molecule has 1 aliphatic carbocycles. The van der Waals surface area contributed by atoms with Crippen molar-refractivity contribution < 1.29 is 14.3 Å². The number of nitrogens with zero attached hydrogens (tertiary/aromatic N) is 1. The molecule has 0 spiro atoms. The molecule has 2 atom stereocenters. The first-order chi connectivity index (χ1) is 9.16. The molecule has 0 aromatic rings. The average molecular weight is 283 g/mol. The van der Waals surface area contributed by atoms with Crippen LogP contribution in [0.2, 0.25) is 0 Å². The highest BCUT2D eigenvalue weighted by Gasteiger charge is 2.57. The van der Waals surface area contributed by atoms with E-state index >= 15 is 0 Å². The van der Waals surface area contributed by atoms with Crippen molar-refractivity contribution in [2.24, 2.45) is 27.6 Å². The van der Waals surface area contributed by atoms with Crippen molar-refractivity contribution in [3.63, 3.8) is 0 Å². The largest absolute Gasteiger partial charge is 0.466 e. The van der Waals surface area contributed by atoms with E-state index in [0.29, 0.717) is 6.61 Å². The SMILES string of the molecule is CCOC(=O)C1(C)CCC(C(C)=NNC(N)=O)C1(C)C. The maximum Gasteiger partial charge on any atom is 0.332 e. The maximum absolute atomic E-state index is 12.3. The molecule has 2 amide bonds. The summed E-state index contributed by atoms with van der Waals surface area (Å²) in [5, 5.41) is 4.01. The molecule has 0 bridgehead atoms. The van der Waals surface area contributed by atoms with Crippen LogP contribution in [0.15, 0.2) is 5.10 Å². The quantitative estimate of drug-likeness (QED) is 0.469. The van der Waals surface area contributed by atoms with E-state index in [1.807, 2.05) is 34.6 Å². The first kappa shape index (κ1) is 16.5. The second-order valence-electron chi connectivity index (χ2n) is 6.09. The number of hydrogen-bond acceptors (Lipinski definition) is 4. The molecule has 1 fully saturated rings. The van der Waals surface area contributed by atoms with Crippen LogP contribution in [-0.2, 0) is 9.53 Å². The average Bonchev–Trinajstić information content (AvgIpc) is 2.59. The van der Waals surface area contributed by atoms with Crippen LogP contribution in [-0.4, -0.2) is 24.3 Å². The van der Waals surface area contributed by atoms with Gasteiger partial charge < -0.3 is 10.5 Å². The molecule has 0 aliphatic heterocycles. The van der Waals surface area contributed by atoms with Gasteiger partial charge in [0.15, 0.2) is 0 Å². The fraction of sp³-hybridized carbons (Fsp3) is 0.786. The first-order valence-corrected chi connectivity index (χ1v) is 6.93. The lowest BCUT2D eigenvalue weighted by molar-refractivity contribution is -0.160. The third kappa shape index (κ3) is 2.78. The van der Waals surface area contributed by atoms with E-state index in [9.17, 15) is 9.59 Å². The number of ether oxygens (including phenoxy) is 1. The predicted molar refractivity (Wildman–Crippen MR) is 77.1 cm³/mol. The number of nitrogens with two attached hydrogens (primary N) is 1. The molecule has 0 aromatic carbocycles. The molecule has 1 aliphatic rings. The Labute approximate surface area is 120 Å². The van der Waals surface area contributed by atoms with Crippen LogP contribution in [0.1, 0.15) is 47.5 Å². The van der Waals surface area contributed by atoms with E-state index in [-0.39, 0.29) is 17.3 Å². The Bertz CT molecular complexity index is 431. The van der Waals surface area contributed by atoms with Crippen molar-refractivity contribution in [3.05, 3.63) is 0 Å². The number of hydrogen-bond donors (Lipinski definition) is 2. The number of rotatable bonds is 4. The minimum atomic E-state index is -0.687. The second-order valence-corrected chi connectivity index (χ2v) is 6.09. The van der Waals surface area contributed by atoms with Crippen LogP contribution in [0, 0.1) is 16.7 Å². The molecule has 0 saturated heterocycles. The summed E-state index contributed by atoms with van der Waals surface area (Å²) in [6.45, 7) is 10.1. The Kier molecular flexibility index (Phi) is 4.78. The van der Waals surface area contributed by atoms with Gasteiger partial charge in [-0.05, 0) is 39.0 Å². The van der Waals surface area contributed by atoms with Gasteiger partial charge in [0.05, 0.1) is 12.0 Å². The molecule has 0 aromatic heterocycles. The zero-order valence-corrected chi connectivity index (χ0v) is 12.9. The van der Waals surface area contributed by atoms with Crippen LogP contribution in [0.4, 0.5) is 4.79 Å². The van der Waals surface area contributed by atoms with E-state index in [1.165, 1.54) is 0 Å². The minimum Gasteiger partial charge on any atom is -0.466 e. The van der Waals surface area contributed by atoms with Crippen molar-refractivity contribution in [1.82, 2.24) is 5.43 Å². The Morgan fingerprint density at radius 3 is 2.50 bits per heavy atom. The summed E-state index contributed by atoms with van der Waals surface area (Å²) in [6, 6.07) is -0.687. The van der Waals surface area contributed by atoms with Crippen molar-refractivity contribution in [2.75, 3.05) is 6.61 Å². The highest BCUT2D eigenvalue weighted by Crippen LogP contribution is 2.56. The lowest BCUT2D eigenvalue weighted by atomic mass is 9.65. The molecule has 3 N–H and O–H groups in total. The molecule has 6 heteroatoms. The Morgan fingerprint density at radius 1 is 1.40 bits per heavy atom. The zero-order chi connectivity index (χ0) is 15.6. The molecule has 2 unspecified atom stereocenters. The van der Waals surface area contributed by atoms with E-state index in [2.05, 4.69) is 10.5 Å². The fourth-order valence-electron chi connectivity index (χ4n) is 3.11. The lowest BCUT2D eigenvalue weighted by Crippen LogP contribution is -2.43. The number of carbonyl (C=O) groups is 2.